The maximum absolute atomic E-state index is 12.2. The summed E-state index contributed by atoms with van der Waals surface area (Å²) in [4.78, 5) is 5.40. The van der Waals surface area contributed by atoms with Crippen LogP contribution in [0.4, 0.5) is 5.13 Å². The highest BCUT2D eigenvalue weighted by atomic mass is 35.5. The number of thiazole rings is 1. The summed E-state index contributed by atoms with van der Waals surface area (Å²) in [5, 5.41) is 0.393. The summed E-state index contributed by atoms with van der Waals surface area (Å²) in [6.07, 6.45) is 0.722. The molecule has 2 rings (SSSR count). The van der Waals surface area contributed by atoms with Gasteiger partial charge in [0.1, 0.15) is 0 Å². The van der Waals surface area contributed by atoms with Gasteiger partial charge in [-0.3, -0.25) is 4.72 Å². The van der Waals surface area contributed by atoms with E-state index >= 15 is 0 Å². The topological polar surface area (TPSA) is 59.1 Å². The van der Waals surface area contributed by atoms with Crippen LogP contribution in [0, 0.1) is 13.8 Å². The standard InChI is InChI=1S/C13H15ClN2O2S2/c1-9-10(2)19-13(15-9)16-20(17,18)12-5-3-11(4-6-12)7-8-14/h3-6H,7-8H2,1-2H3,(H,15,16). The molecule has 0 saturated carbocycles. The minimum Gasteiger partial charge on any atom is -0.255 e. The molecule has 0 saturated heterocycles. The minimum absolute atomic E-state index is 0.223. The number of rotatable bonds is 5. The van der Waals surface area contributed by atoms with Gasteiger partial charge in [0.25, 0.3) is 10.0 Å². The Kier molecular flexibility index (Phi) is 4.67. The number of benzene rings is 1. The molecule has 0 spiro atoms. The van der Waals surface area contributed by atoms with Crippen LogP contribution in [0.1, 0.15) is 16.1 Å². The Labute approximate surface area is 127 Å². The van der Waals surface area contributed by atoms with E-state index in [1.54, 1.807) is 24.3 Å². The second kappa shape index (κ2) is 6.11. The Morgan fingerprint density at radius 1 is 1.25 bits per heavy atom. The molecule has 0 aliphatic rings. The maximum Gasteiger partial charge on any atom is 0.263 e. The number of hydrogen-bond donors (Lipinski definition) is 1. The summed E-state index contributed by atoms with van der Waals surface area (Å²) in [6, 6.07) is 6.71. The van der Waals surface area contributed by atoms with Gasteiger partial charge in [0, 0.05) is 10.8 Å². The van der Waals surface area contributed by atoms with Gasteiger partial charge in [-0.25, -0.2) is 13.4 Å². The van der Waals surface area contributed by atoms with E-state index in [2.05, 4.69) is 9.71 Å². The quantitative estimate of drug-likeness (QED) is 0.855. The summed E-state index contributed by atoms with van der Waals surface area (Å²) in [6.45, 7) is 3.76. The first-order valence-corrected chi connectivity index (χ1v) is 8.87. The fourth-order valence-electron chi connectivity index (χ4n) is 1.63. The molecule has 108 valence electrons. The van der Waals surface area contributed by atoms with Gasteiger partial charge in [0.15, 0.2) is 5.13 Å². The second-order valence-corrected chi connectivity index (χ2v) is 7.61. The van der Waals surface area contributed by atoms with Crippen molar-refractivity contribution in [2.75, 3.05) is 10.6 Å². The van der Waals surface area contributed by atoms with E-state index in [1.807, 2.05) is 13.8 Å². The van der Waals surface area contributed by atoms with Crippen LogP contribution in [0.25, 0.3) is 0 Å². The number of aromatic nitrogens is 1. The van der Waals surface area contributed by atoms with Crippen LogP contribution in [0.3, 0.4) is 0 Å². The Bertz CT molecular complexity index is 674. The van der Waals surface area contributed by atoms with Crippen molar-refractivity contribution in [2.24, 2.45) is 0 Å². The van der Waals surface area contributed by atoms with Crippen LogP contribution < -0.4 is 4.72 Å². The smallest absolute Gasteiger partial charge is 0.255 e. The number of nitrogens with one attached hydrogen (secondary N) is 1. The van der Waals surface area contributed by atoms with E-state index in [1.165, 1.54) is 11.3 Å². The second-order valence-electron chi connectivity index (χ2n) is 4.35. The van der Waals surface area contributed by atoms with Gasteiger partial charge in [-0.15, -0.1) is 22.9 Å². The number of nitrogens with zero attached hydrogens (tertiary/aromatic N) is 1. The van der Waals surface area contributed by atoms with Gasteiger partial charge in [0.05, 0.1) is 10.6 Å². The average Bonchev–Trinajstić information content (AvgIpc) is 2.68. The lowest BCUT2D eigenvalue weighted by atomic mass is 10.2. The lowest BCUT2D eigenvalue weighted by Gasteiger charge is -2.06. The SMILES string of the molecule is Cc1nc(NS(=O)(=O)c2ccc(CCCl)cc2)sc1C. The first-order valence-electron chi connectivity index (χ1n) is 6.04. The van der Waals surface area contributed by atoms with Crippen molar-refractivity contribution in [3.8, 4) is 0 Å². The summed E-state index contributed by atoms with van der Waals surface area (Å²) < 4.78 is 26.9. The summed E-state index contributed by atoms with van der Waals surface area (Å²) in [7, 11) is -3.58. The molecule has 20 heavy (non-hydrogen) atoms. The number of anilines is 1. The maximum atomic E-state index is 12.2. The molecular formula is C13H15ClN2O2S2. The van der Waals surface area contributed by atoms with Crippen LogP contribution in [0.2, 0.25) is 0 Å². The number of hydrogen-bond acceptors (Lipinski definition) is 4. The largest absolute Gasteiger partial charge is 0.263 e. The van der Waals surface area contributed by atoms with Crippen LogP contribution in [-0.2, 0) is 16.4 Å². The van der Waals surface area contributed by atoms with Crippen molar-refractivity contribution in [3.05, 3.63) is 40.4 Å². The molecule has 0 fully saturated rings. The fourth-order valence-corrected chi connectivity index (χ4v) is 3.90. The zero-order valence-electron chi connectivity index (χ0n) is 11.2. The number of sulfonamides is 1. The van der Waals surface area contributed by atoms with Gasteiger partial charge < -0.3 is 0 Å². The molecule has 1 aromatic heterocycles. The number of alkyl halides is 1. The molecule has 0 unspecified atom stereocenters. The first-order chi connectivity index (χ1) is 9.42. The molecule has 0 amide bonds. The summed E-state index contributed by atoms with van der Waals surface area (Å²) in [5.74, 6) is 0.516. The molecule has 0 aliphatic heterocycles. The zero-order chi connectivity index (χ0) is 14.8. The van der Waals surface area contributed by atoms with E-state index in [4.69, 9.17) is 11.6 Å². The molecule has 1 N–H and O–H groups in total. The lowest BCUT2D eigenvalue weighted by Crippen LogP contribution is -2.12. The summed E-state index contributed by atoms with van der Waals surface area (Å²) >= 11 is 6.98. The third-order valence-electron chi connectivity index (χ3n) is 2.87. The molecule has 0 atom stereocenters. The number of halogens is 1. The van der Waals surface area contributed by atoms with E-state index < -0.39 is 10.0 Å². The molecule has 0 bridgehead atoms. The average molecular weight is 331 g/mol. The van der Waals surface area contributed by atoms with Crippen LogP contribution in [0.15, 0.2) is 29.2 Å². The normalized spacial score (nSPS) is 11.6. The van der Waals surface area contributed by atoms with Gasteiger partial charge in [-0.2, -0.15) is 0 Å². The Morgan fingerprint density at radius 3 is 2.40 bits per heavy atom. The van der Waals surface area contributed by atoms with Crippen molar-refractivity contribution >= 4 is 38.1 Å². The molecule has 2 aromatic rings. The highest BCUT2D eigenvalue weighted by Crippen LogP contribution is 2.24. The highest BCUT2D eigenvalue weighted by molar-refractivity contribution is 7.93. The Balaban J connectivity index is 2.21. The minimum atomic E-state index is -3.58. The van der Waals surface area contributed by atoms with Crippen LogP contribution in [0.5, 0.6) is 0 Å². The van der Waals surface area contributed by atoms with E-state index in [0.717, 1.165) is 22.6 Å². The lowest BCUT2D eigenvalue weighted by molar-refractivity contribution is 0.601. The number of aryl methyl sites for hydroxylation is 3. The third-order valence-corrected chi connectivity index (χ3v) is 5.53. The van der Waals surface area contributed by atoms with Gasteiger partial charge in [0.2, 0.25) is 0 Å². The Morgan fingerprint density at radius 2 is 1.90 bits per heavy atom. The van der Waals surface area contributed by atoms with Crippen molar-refractivity contribution in [1.82, 2.24) is 4.98 Å². The first kappa shape index (κ1) is 15.3. The monoisotopic (exact) mass is 330 g/mol. The van der Waals surface area contributed by atoms with Crippen LogP contribution >= 0.6 is 22.9 Å². The molecular weight excluding hydrogens is 316 g/mol. The highest BCUT2D eigenvalue weighted by Gasteiger charge is 2.16. The predicted octanol–water partition coefficient (Wildman–Crippen LogP) is 3.34. The van der Waals surface area contributed by atoms with E-state index in [9.17, 15) is 8.42 Å². The molecule has 0 aliphatic carbocycles. The van der Waals surface area contributed by atoms with E-state index in [0.29, 0.717) is 11.0 Å². The van der Waals surface area contributed by atoms with Crippen molar-refractivity contribution in [3.63, 3.8) is 0 Å². The van der Waals surface area contributed by atoms with Crippen molar-refractivity contribution in [1.29, 1.82) is 0 Å². The fraction of sp³-hybridized carbons (Fsp3) is 0.308. The molecule has 7 heteroatoms. The molecule has 1 aromatic carbocycles. The van der Waals surface area contributed by atoms with Crippen LogP contribution in [-0.4, -0.2) is 19.3 Å². The zero-order valence-corrected chi connectivity index (χ0v) is 13.6. The third kappa shape index (κ3) is 3.50. The molecule has 0 radical (unpaired) electrons. The molecule has 4 nitrogen and oxygen atoms in total. The predicted molar refractivity (Wildman–Crippen MR) is 83.3 cm³/mol. The molecule has 1 heterocycles. The van der Waals surface area contributed by atoms with Gasteiger partial charge in [-0.05, 0) is 38.0 Å². The Hall–Kier alpha value is -1.11. The van der Waals surface area contributed by atoms with Crippen molar-refractivity contribution < 1.29 is 8.42 Å². The summed E-state index contributed by atoms with van der Waals surface area (Å²) in [5.41, 5.74) is 1.85. The van der Waals surface area contributed by atoms with Gasteiger partial charge in [-0.1, -0.05) is 12.1 Å². The van der Waals surface area contributed by atoms with E-state index in [-0.39, 0.29) is 4.90 Å². The van der Waals surface area contributed by atoms with Crippen molar-refractivity contribution in [2.45, 2.75) is 25.2 Å². The van der Waals surface area contributed by atoms with Gasteiger partial charge >= 0.3 is 0 Å².